The number of hydrogen-bond donors (Lipinski definition) is 2. The van der Waals surface area contributed by atoms with E-state index in [2.05, 4.69) is 0 Å². The zero-order chi connectivity index (χ0) is 30.1. The number of aromatic nitrogens is 2. The summed E-state index contributed by atoms with van der Waals surface area (Å²) in [5.74, 6) is -1.22. The Morgan fingerprint density at radius 2 is 1.80 bits per heavy atom. The van der Waals surface area contributed by atoms with E-state index in [1.807, 2.05) is 24.3 Å². The number of esters is 1. The second kappa shape index (κ2) is 12.2. The fourth-order valence-corrected chi connectivity index (χ4v) is 6.99. The van der Waals surface area contributed by atoms with Crippen molar-refractivity contribution < 1.29 is 29.3 Å². The molecule has 0 radical (unpaired) electrons. The number of carbonyl (C=O) groups is 2. The van der Waals surface area contributed by atoms with Gasteiger partial charge in [0.05, 0.1) is 25.2 Å². The molecule has 0 saturated heterocycles. The van der Waals surface area contributed by atoms with Crippen molar-refractivity contribution in [3.63, 3.8) is 0 Å². The van der Waals surface area contributed by atoms with Crippen molar-refractivity contribution in [2.45, 2.75) is 83.9 Å². The van der Waals surface area contributed by atoms with Crippen LogP contribution in [-0.4, -0.2) is 51.1 Å². The molecule has 2 N–H and O–H groups in total. The molecular weight excluding hydrogens is 548 g/mol. The molecule has 1 atom stereocenters. The summed E-state index contributed by atoms with van der Waals surface area (Å²) in [5, 5.41) is 20.2. The zero-order valence-corrected chi connectivity index (χ0v) is 25.0. The number of carboxylic acid groups (broad SMARTS) is 1. The summed E-state index contributed by atoms with van der Waals surface area (Å²) < 4.78 is 13.1. The molecule has 2 heterocycles. The van der Waals surface area contributed by atoms with E-state index >= 15 is 0 Å². The summed E-state index contributed by atoms with van der Waals surface area (Å²) in [5.41, 5.74) is -2.12. The van der Waals surface area contributed by atoms with Crippen LogP contribution in [0.25, 0.3) is 10.2 Å². The first-order valence-corrected chi connectivity index (χ1v) is 14.7. The quantitative estimate of drug-likeness (QED) is 0.336. The van der Waals surface area contributed by atoms with Gasteiger partial charge in [-0.05, 0) is 82.9 Å². The number of rotatable bonds is 10. The Balaban J connectivity index is 1.97. The van der Waals surface area contributed by atoms with Gasteiger partial charge in [0.1, 0.15) is 21.0 Å². The summed E-state index contributed by atoms with van der Waals surface area (Å²) >= 11 is 1.01. The van der Waals surface area contributed by atoms with Gasteiger partial charge in [-0.25, -0.2) is 19.0 Å². The number of aliphatic hydroxyl groups is 1. The molecule has 0 unspecified atom stereocenters. The molecule has 1 fully saturated rings. The van der Waals surface area contributed by atoms with Gasteiger partial charge in [0.15, 0.2) is 0 Å². The molecule has 0 spiro atoms. The maximum Gasteiger partial charge on any atom is 0.348 e. The van der Waals surface area contributed by atoms with Gasteiger partial charge < -0.3 is 19.7 Å². The zero-order valence-electron chi connectivity index (χ0n) is 24.1. The summed E-state index contributed by atoms with van der Waals surface area (Å²) in [4.78, 5) is 53.5. The van der Waals surface area contributed by atoms with E-state index < -0.39 is 28.7 Å². The number of benzene rings is 1. The predicted octanol–water partition coefficient (Wildman–Crippen LogP) is 4.26. The normalized spacial score (nSPS) is 18.3. The van der Waals surface area contributed by atoms with Gasteiger partial charge in [-0.2, -0.15) is 0 Å². The number of methoxy groups -OCH3 is 1. The minimum Gasteiger partial charge on any atom is -0.496 e. The second-order valence-corrected chi connectivity index (χ2v) is 12.2. The van der Waals surface area contributed by atoms with E-state index in [4.69, 9.17) is 9.47 Å². The van der Waals surface area contributed by atoms with Gasteiger partial charge in [0.25, 0.3) is 5.56 Å². The van der Waals surface area contributed by atoms with Crippen molar-refractivity contribution >= 4 is 33.5 Å². The first kappa shape index (κ1) is 30.5. The highest BCUT2D eigenvalue weighted by Gasteiger charge is 2.36. The van der Waals surface area contributed by atoms with Gasteiger partial charge >= 0.3 is 17.6 Å². The molecule has 1 aliphatic carbocycles. The molecule has 41 heavy (non-hydrogen) atoms. The van der Waals surface area contributed by atoms with Gasteiger partial charge in [0, 0.05) is 12.5 Å². The van der Waals surface area contributed by atoms with Crippen molar-refractivity contribution in [3.05, 3.63) is 61.1 Å². The number of nitrogens with zero attached hydrogens (tertiary/aromatic N) is 2. The van der Waals surface area contributed by atoms with E-state index in [1.165, 1.54) is 18.4 Å². The topological polar surface area (TPSA) is 137 Å². The standard InChI is InChI=1S/C30H38N2O8S/c1-6-40-27(35)24-17(2)23-25(34)32(30(3,4)28(36)37)29(38)31(26(23)41-24)16-19(15-18-11-13-20(33)14-12-18)21-9-7-8-10-22(21)39-5/h7-10,18-20,33H,6,11-16H2,1-5H3,(H,36,37)/t18-,19-,20+/m0/s1. The fourth-order valence-electron chi connectivity index (χ4n) is 5.79. The van der Waals surface area contributed by atoms with Crippen molar-refractivity contribution in [1.82, 2.24) is 9.13 Å². The lowest BCUT2D eigenvalue weighted by atomic mass is 9.79. The minimum atomic E-state index is -1.85. The Morgan fingerprint density at radius 3 is 2.41 bits per heavy atom. The smallest absolute Gasteiger partial charge is 0.348 e. The molecular formula is C30H38N2O8S. The van der Waals surface area contributed by atoms with Crippen LogP contribution < -0.4 is 16.0 Å². The number of carbonyl (C=O) groups excluding carboxylic acids is 1. The lowest BCUT2D eigenvalue weighted by Crippen LogP contribution is -2.52. The molecule has 222 valence electrons. The highest BCUT2D eigenvalue weighted by molar-refractivity contribution is 7.20. The van der Waals surface area contributed by atoms with Crippen LogP contribution in [0.3, 0.4) is 0 Å². The Labute approximate surface area is 242 Å². The number of aliphatic carboxylic acids is 1. The monoisotopic (exact) mass is 586 g/mol. The first-order valence-electron chi connectivity index (χ1n) is 13.9. The van der Waals surface area contributed by atoms with Gasteiger partial charge in [-0.1, -0.05) is 18.2 Å². The van der Waals surface area contributed by atoms with Gasteiger partial charge in [-0.15, -0.1) is 11.3 Å². The van der Waals surface area contributed by atoms with Crippen LogP contribution in [0.15, 0.2) is 33.9 Å². The van der Waals surface area contributed by atoms with Crippen molar-refractivity contribution in [3.8, 4) is 5.75 Å². The molecule has 2 aromatic heterocycles. The van der Waals surface area contributed by atoms with Crippen molar-refractivity contribution in [1.29, 1.82) is 0 Å². The first-order chi connectivity index (χ1) is 19.4. The summed E-state index contributed by atoms with van der Waals surface area (Å²) in [6.07, 6.45) is 3.48. The Bertz CT molecular complexity index is 1560. The van der Waals surface area contributed by atoms with Crippen LogP contribution in [0.1, 0.15) is 79.6 Å². The lowest BCUT2D eigenvalue weighted by molar-refractivity contribution is -0.146. The number of hydrogen-bond acceptors (Lipinski definition) is 8. The number of fused-ring (bicyclic) bond motifs is 1. The largest absolute Gasteiger partial charge is 0.496 e. The maximum atomic E-state index is 14.1. The Kier molecular flexibility index (Phi) is 9.08. The van der Waals surface area contributed by atoms with E-state index in [0.29, 0.717) is 41.3 Å². The van der Waals surface area contributed by atoms with Crippen LogP contribution >= 0.6 is 11.3 Å². The van der Waals surface area contributed by atoms with E-state index in [0.717, 1.165) is 34.3 Å². The predicted molar refractivity (Wildman–Crippen MR) is 156 cm³/mol. The second-order valence-electron chi connectivity index (χ2n) is 11.2. The fraction of sp³-hybridized carbons (Fsp3) is 0.533. The van der Waals surface area contributed by atoms with Crippen LogP contribution in [0.2, 0.25) is 0 Å². The third-order valence-electron chi connectivity index (χ3n) is 8.17. The number of para-hydroxylation sites is 1. The van der Waals surface area contributed by atoms with Crippen LogP contribution in [0.5, 0.6) is 5.75 Å². The average molecular weight is 587 g/mol. The third-order valence-corrected chi connectivity index (χ3v) is 9.47. The third kappa shape index (κ3) is 5.83. The number of aryl methyl sites for hydroxylation is 1. The maximum absolute atomic E-state index is 14.1. The van der Waals surface area contributed by atoms with Gasteiger partial charge in [-0.3, -0.25) is 9.36 Å². The van der Waals surface area contributed by atoms with E-state index in [1.54, 1.807) is 21.0 Å². The van der Waals surface area contributed by atoms with E-state index in [-0.39, 0.29) is 35.4 Å². The molecule has 11 heteroatoms. The van der Waals surface area contributed by atoms with Crippen LogP contribution in [0.4, 0.5) is 0 Å². The molecule has 3 aromatic rings. The van der Waals surface area contributed by atoms with Crippen LogP contribution in [-0.2, 0) is 21.6 Å². The molecule has 0 amide bonds. The molecule has 1 aliphatic rings. The van der Waals surface area contributed by atoms with Gasteiger partial charge in [0.2, 0.25) is 0 Å². The van der Waals surface area contributed by atoms with E-state index in [9.17, 15) is 29.4 Å². The lowest BCUT2D eigenvalue weighted by Gasteiger charge is -2.30. The minimum absolute atomic E-state index is 0.131. The average Bonchev–Trinajstić information content (AvgIpc) is 3.28. The molecule has 0 bridgehead atoms. The molecule has 1 aromatic carbocycles. The number of aliphatic hydroxyl groups excluding tert-OH is 1. The SMILES string of the molecule is CCOC(=O)c1sc2c(c1C)c(=O)n(C(C)(C)C(=O)O)c(=O)n2C[C@H](C[C@H]1CC[C@@H](O)CC1)c1ccccc1OC. The Morgan fingerprint density at radius 1 is 1.15 bits per heavy atom. The highest BCUT2D eigenvalue weighted by atomic mass is 32.1. The number of thiophene rings is 1. The van der Waals surface area contributed by atoms with Crippen molar-refractivity contribution in [2.24, 2.45) is 5.92 Å². The number of ether oxygens (including phenoxy) is 2. The highest BCUT2D eigenvalue weighted by Crippen LogP contribution is 2.38. The Hall–Kier alpha value is -3.44. The summed E-state index contributed by atoms with van der Waals surface area (Å²) in [6.45, 7) is 6.19. The molecule has 10 nitrogen and oxygen atoms in total. The summed E-state index contributed by atoms with van der Waals surface area (Å²) in [7, 11) is 1.58. The molecule has 1 saturated carbocycles. The van der Waals surface area contributed by atoms with Crippen LogP contribution in [0, 0.1) is 12.8 Å². The molecule has 4 rings (SSSR count). The number of carboxylic acids is 1. The van der Waals surface area contributed by atoms with Crippen molar-refractivity contribution in [2.75, 3.05) is 13.7 Å². The summed E-state index contributed by atoms with van der Waals surface area (Å²) in [6, 6.07) is 7.57. The molecule has 0 aliphatic heterocycles.